The number of rotatable bonds is 46. The van der Waals surface area contributed by atoms with E-state index in [4.69, 9.17) is 18.9 Å². The van der Waals surface area contributed by atoms with Gasteiger partial charge in [-0.05, 0) is 44.9 Å². The molecule has 1 fully saturated rings. The average molecular weight is 909 g/mol. The SMILES string of the molecule is CCCCC/C=C\C/C=C\CCCCCCCCCC(=O)OC(COC(=O)CCCCCCCCCCCCCCCCCCCCCCCC)COC1OC(CO)C(O)C(O)C1O. The van der Waals surface area contributed by atoms with Gasteiger partial charge in [-0.15, -0.1) is 0 Å². The number of carbonyl (C=O) groups excluding carboxylic acids is 2. The summed E-state index contributed by atoms with van der Waals surface area (Å²) in [5.41, 5.74) is 0. The standard InChI is InChI=1S/C54H100O10/c1-3-5-7-9-11-13-15-17-19-21-22-23-24-25-27-28-30-32-34-36-38-40-42-49(56)61-45-47(46-62-54-53(60)52(59)51(58)48(44-55)64-54)63-50(57)43-41-39-37-35-33-31-29-26-20-18-16-14-12-10-8-6-4-2/h12,14,18,20,47-48,51-55,58-60H,3-11,13,15-17,19,21-46H2,1-2H3/b14-12-,20-18-. The molecule has 0 aromatic carbocycles. The van der Waals surface area contributed by atoms with Gasteiger partial charge in [-0.2, -0.15) is 0 Å². The fraction of sp³-hybridized carbons (Fsp3) is 0.889. The molecule has 1 aliphatic rings. The Morgan fingerprint density at radius 3 is 1.33 bits per heavy atom. The predicted octanol–water partition coefficient (Wildman–Crippen LogP) is 12.8. The van der Waals surface area contributed by atoms with Crippen LogP contribution in [-0.4, -0.2) is 89.0 Å². The maximum absolute atomic E-state index is 12.8. The van der Waals surface area contributed by atoms with Crippen LogP contribution in [0.4, 0.5) is 0 Å². The van der Waals surface area contributed by atoms with E-state index in [0.717, 1.165) is 51.4 Å². The van der Waals surface area contributed by atoms with Crippen molar-refractivity contribution in [2.24, 2.45) is 0 Å². The van der Waals surface area contributed by atoms with Gasteiger partial charge in [0, 0.05) is 12.8 Å². The summed E-state index contributed by atoms with van der Waals surface area (Å²) in [6.07, 6.45) is 44.7. The van der Waals surface area contributed by atoms with E-state index in [9.17, 15) is 30.0 Å². The lowest BCUT2D eigenvalue weighted by molar-refractivity contribution is -0.305. The molecule has 1 aliphatic heterocycles. The van der Waals surface area contributed by atoms with Crippen LogP contribution in [0, 0.1) is 0 Å². The smallest absolute Gasteiger partial charge is 0.306 e. The Morgan fingerprint density at radius 1 is 0.484 bits per heavy atom. The molecular formula is C54H100O10. The maximum Gasteiger partial charge on any atom is 0.306 e. The van der Waals surface area contributed by atoms with Crippen LogP contribution in [0.5, 0.6) is 0 Å². The van der Waals surface area contributed by atoms with Crippen LogP contribution in [0.25, 0.3) is 0 Å². The summed E-state index contributed by atoms with van der Waals surface area (Å²) >= 11 is 0. The van der Waals surface area contributed by atoms with Gasteiger partial charge in [0.25, 0.3) is 0 Å². The van der Waals surface area contributed by atoms with Crippen molar-refractivity contribution in [2.75, 3.05) is 19.8 Å². The van der Waals surface area contributed by atoms with Crippen LogP contribution in [0.2, 0.25) is 0 Å². The molecule has 1 heterocycles. The minimum absolute atomic E-state index is 0.216. The highest BCUT2D eigenvalue weighted by molar-refractivity contribution is 5.70. The lowest BCUT2D eigenvalue weighted by atomic mass is 9.99. The van der Waals surface area contributed by atoms with E-state index in [-0.39, 0.29) is 32.0 Å². The maximum atomic E-state index is 12.8. The molecule has 0 saturated carbocycles. The van der Waals surface area contributed by atoms with Gasteiger partial charge >= 0.3 is 11.9 Å². The van der Waals surface area contributed by atoms with Gasteiger partial charge in [0.2, 0.25) is 0 Å². The zero-order chi connectivity index (χ0) is 46.6. The monoisotopic (exact) mass is 909 g/mol. The Bertz CT molecular complexity index is 1100. The minimum Gasteiger partial charge on any atom is -0.462 e. The number of unbranched alkanes of at least 4 members (excludes halogenated alkanes) is 31. The molecule has 0 bridgehead atoms. The molecule has 1 rings (SSSR count). The van der Waals surface area contributed by atoms with Gasteiger partial charge in [0.05, 0.1) is 13.2 Å². The molecule has 10 nitrogen and oxygen atoms in total. The molecule has 0 amide bonds. The first-order valence-corrected chi connectivity index (χ1v) is 26.9. The Hall–Kier alpha value is -1.82. The van der Waals surface area contributed by atoms with Crippen molar-refractivity contribution in [3.8, 4) is 0 Å². The Balaban J connectivity index is 2.22. The Kier molecular flexibility index (Phi) is 42.3. The summed E-state index contributed by atoms with van der Waals surface area (Å²) < 4.78 is 22.3. The molecule has 64 heavy (non-hydrogen) atoms. The lowest BCUT2D eigenvalue weighted by Crippen LogP contribution is -2.59. The molecule has 376 valence electrons. The number of carbonyl (C=O) groups is 2. The van der Waals surface area contributed by atoms with E-state index in [1.54, 1.807) is 0 Å². The van der Waals surface area contributed by atoms with Crippen molar-refractivity contribution in [1.82, 2.24) is 0 Å². The van der Waals surface area contributed by atoms with Crippen LogP contribution in [0.3, 0.4) is 0 Å². The van der Waals surface area contributed by atoms with Crippen molar-refractivity contribution < 1.29 is 49.0 Å². The predicted molar refractivity (Wildman–Crippen MR) is 261 cm³/mol. The quantitative estimate of drug-likeness (QED) is 0.0264. The molecule has 0 aromatic heterocycles. The third-order valence-electron chi connectivity index (χ3n) is 12.6. The molecule has 0 spiro atoms. The molecule has 6 unspecified atom stereocenters. The summed E-state index contributed by atoms with van der Waals surface area (Å²) in [6.45, 7) is 3.44. The average Bonchev–Trinajstić information content (AvgIpc) is 3.29. The minimum atomic E-state index is -1.59. The van der Waals surface area contributed by atoms with Crippen molar-refractivity contribution in [1.29, 1.82) is 0 Å². The number of esters is 2. The summed E-state index contributed by atoms with van der Waals surface area (Å²) in [7, 11) is 0. The van der Waals surface area contributed by atoms with Gasteiger partial charge < -0.3 is 39.4 Å². The van der Waals surface area contributed by atoms with Crippen LogP contribution in [0.15, 0.2) is 24.3 Å². The normalized spacial score (nSPS) is 19.5. The van der Waals surface area contributed by atoms with E-state index >= 15 is 0 Å². The second kappa shape index (κ2) is 45.0. The van der Waals surface area contributed by atoms with Gasteiger partial charge in [-0.25, -0.2) is 0 Å². The first-order chi connectivity index (χ1) is 31.3. The molecule has 0 aliphatic carbocycles. The van der Waals surface area contributed by atoms with Gasteiger partial charge in [-0.1, -0.05) is 218 Å². The highest BCUT2D eigenvalue weighted by Crippen LogP contribution is 2.23. The highest BCUT2D eigenvalue weighted by Gasteiger charge is 2.44. The lowest BCUT2D eigenvalue weighted by Gasteiger charge is -2.39. The van der Waals surface area contributed by atoms with Crippen LogP contribution >= 0.6 is 0 Å². The molecule has 6 atom stereocenters. The fourth-order valence-electron chi connectivity index (χ4n) is 8.34. The van der Waals surface area contributed by atoms with E-state index in [1.165, 1.54) is 167 Å². The summed E-state index contributed by atoms with van der Waals surface area (Å²) in [5, 5.41) is 40.2. The van der Waals surface area contributed by atoms with Crippen molar-refractivity contribution in [2.45, 2.75) is 288 Å². The zero-order valence-electron chi connectivity index (χ0n) is 41.3. The van der Waals surface area contributed by atoms with Crippen molar-refractivity contribution >= 4 is 11.9 Å². The fourth-order valence-corrected chi connectivity index (χ4v) is 8.34. The molecule has 10 heteroatoms. The third kappa shape index (κ3) is 35.4. The van der Waals surface area contributed by atoms with Crippen LogP contribution in [-0.2, 0) is 28.5 Å². The Morgan fingerprint density at radius 2 is 0.875 bits per heavy atom. The molecule has 0 radical (unpaired) electrons. The number of aliphatic hydroxyl groups is 4. The number of allylic oxidation sites excluding steroid dienone is 4. The van der Waals surface area contributed by atoms with E-state index in [2.05, 4.69) is 38.2 Å². The zero-order valence-corrected chi connectivity index (χ0v) is 41.3. The van der Waals surface area contributed by atoms with Crippen molar-refractivity contribution in [3.05, 3.63) is 24.3 Å². The van der Waals surface area contributed by atoms with Gasteiger partial charge in [0.15, 0.2) is 12.4 Å². The van der Waals surface area contributed by atoms with Crippen LogP contribution in [0.1, 0.15) is 251 Å². The second-order valence-electron chi connectivity index (χ2n) is 18.7. The Labute approximate surface area is 392 Å². The first-order valence-electron chi connectivity index (χ1n) is 26.9. The van der Waals surface area contributed by atoms with Gasteiger partial charge in [0.1, 0.15) is 31.0 Å². The summed E-state index contributed by atoms with van der Waals surface area (Å²) in [6, 6.07) is 0. The second-order valence-corrected chi connectivity index (χ2v) is 18.7. The largest absolute Gasteiger partial charge is 0.462 e. The number of ether oxygens (including phenoxy) is 4. The van der Waals surface area contributed by atoms with Gasteiger partial charge in [-0.3, -0.25) is 9.59 Å². The van der Waals surface area contributed by atoms with Crippen LogP contribution < -0.4 is 0 Å². The van der Waals surface area contributed by atoms with E-state index in [1.807, 2.05) is 0 Å². The number of hydrogen-bond acceptors (Lipinski definition) is 10. The molecule has 4 N–H and O–H groups in total. The number of aliphatic hydroxyl groups excluding tert-OH is 4. The van der Waals surface area contributed by atoms with E-state index in [0.29, 0.717) is 6.42 Å². The molecule has 0 aromatic rings. The third-order valence-corrected chi connectivity index (χ3v) is 12.6. The topological polar surface area (TPSA) is 152 Å². The molecular weight excluding hydrogens is 809 g/mol. The van der Waals surface area contributed by atoms with E-state index < -0.39 is 49.4 Å². The molecule has 1 saturated heterocycles. The summed E-state index contributed by atoms with van der Waals surface area (Å²) in [4.78, 5) is 25.5. The summed E-state index contributed by atoms with van der Waals surface area (Å²) in [5.74, 6) is -0.802. The van der Waals surface area contributed by atoms with Crippen molar-refractivity contribution in [3.63, 3.8) is 0 Å². The first kappa shape index (κ1) is 60.2. The number of hydrogen-bond donors (Lipinski definition) is 4. The highest BCUT2D eigenvalue weighted by atomic mass is 16.7.